The Kier molecular flexibility index (Phi) is 4.79. The van der Waals surface area contributed by atoms with Crippen molar-refractivity contribution < 1.29 is 0 Å². The molecule has 3 rings (SSSR count). The SMILES string of the molecule is c1ccc(CN2CCCCC2CNc2ncccn2)cc1. The largest absolute Gasteiger partial charge is 0.353 e. The number of nitrogens with one attached hydrogen (secondary N) is 1. The molecule has 4 heteroatoms. The van der Waals surface area contributed by atoms with Gasteiger partial charge in [0, 0.05) is 31.5 Å². The first-order valence-electron chi connectivity index (χ1n) is 7.71. The molecule has 0 radical (unpaired) electrons. The number of rotatable bonds is 5. The lowest BCUT2D eigenvalue weighted by atomic mass is 10.0. The van der Waals surface area contributed by atoms with E-state index in [1.165, 1.54) is 31.4 Å². The van der Waals surface area contributed by atoms with Crippen molar-refractivity contribution in [2.24, 2.45) is 0 Å². The topological polar surface area (TPSA) is 41.0 Å². The van der Waals surface area contributed by atoms with E-state index < -0.39 is 0 Å². The van der Waals surface area contributed by atoms with E-state index in [1.807, 2.05) is 6.07 Å². The van der Waals surface area contributed by atoms with Crippen LogP contribution in [-0.4, -0.2) is 34.0 Å². The molecule has 1 saturated heterocycles. The quantitative estimate of drug-likeness (QED) is 0.915. The van der Waals surface area contributed by atoms with Gasteiger partial charge in [-0.25, -0.2) is 9.97 Å². The molecule has 0 amide bonds. The van der Waals surface area contributed by atoms with E-state index in [0.29, 0.717) is 6.04 Å². The number of hydrogen-bond donors (Lipinski definition) is 1. The molecule has 1 atom stereocenters. The Morgan fingerprint density at radius 1 is 1.05 bits per heavy atom. The minimum absolute atomic E-state index is 0.558. The van der Waals surface area contributed by atoms with Crippen LogP contribution in [0, 0.1) is 0 Å². The molecule has 0 aliphatic carbocycles. The normalized spacial score (nSPS) is 19.3. The zero-order chi connectivity index (χ0) is 14.3. The highest BCUT2D eigenvalue weighted by molar-refractivity contribution is 5.22. The first-order chi connectivity index (χ1) is 10.4. The zero-order valence-electron chi connectivity index (χ0n) is 12.3. The maximum Gasteiger partial charge on any atom is 0.222 e. The van der Waals surface area contributed by atoms with Crippen LogP contribution in [0.25, 0.3) is 0 Å². The van der Waals surface area contributed by atoms with Crippen LogP contribution in [0.2, 0.25) is 0 Å². The summed E-state index contributed by atoms with van der Waals surface area (Å²) in [4.78, 5) is 11.0. The Balaban J connectivity index is 1.59. The summed E-state index contributed by atoms with van der Waals surface area (Å²) in [6.07, 6.45) is 7.40. The van der Waals surface area contributed by atoms with E-state index in [4.69, 9.17) is 0 Å². The summed E-state index contributed by atoms with van der Waals surface area (Å²) in [7, 11) is 0. The number of piperidine rings is 1. The molecule has 4 nitrogen and oxygen atoms in total. The summed E-state index contributed by atoms with van der Waals surface area (Å²) >= 11 is 0. The number of hydrogen-bond acceptors (Lipinski definition) is 4. The molecule has 0 spiro atoms. The summed E-state index contributed by atoms with van der Waals surface area (Å²) in [5, 5.41) is 3.37. The van der Waals surface area contributed by atoms with Crippen molar-refractivity contribution in [2.45, 2.75) is 31.8 Å². The predicted octanol–water partition coefficient (Wildman–Crippen LogP) is 2.94. The standard InChI is InChI=1S/C17H22N4/c1-2-7-15(8-3-1)14-21-12-5-4-9-16(21)13-20-17-18-10-6-11-19-17/h1-3,6-8,10-11,16H,4-5,9,12-14H2,(H,18,19,20). The van der Waals surface area contributed by atoms with Gasteiger partial charge in [-0.3, -0.25) is 4.90 Å². The summed E-state index contributed by atoms with van der Waals surface area (Å²) in [5.41, 5.74) is 1.39. The molecule has 21 heavy (non-hydrogen) atoms. The first kappa shape index (κ1) is 14.0. The Bertz CT molecular complexity index is 529. The van der Waals surface area contributed by atoms with Gasteiger partial charge in [-0.15, -0.1) is 0 Å². The van der Waals surface area contributed by atoms with Crippen molar-refractivity contribution in [2.75, 3.05) is 18.4 Å². The number of nitrogens with zero attached hydrogens (tertiary/aromatic N) is 3. The summed E-state index contributed by atoms with van der Waals surface area (Å²) in [6.45, 7) is 3.12. The van der Waals surface area contributed by atoms with Crippen molar-refractivity contribution in [3.05, 3.63) is 54.4 Å². The van der Waals surface area contributed by atoms with Crippen molar-refractivity contribution in [1.82, 2.24) is 14.9 Å². The molecule has 1 aromatic heterocycles. The summed E-state index contributed by atoms with van der Waals surface area (Å²) in [5.74, 6) is 0.725. The molecule has 1 aliphatic rings. The summed E-state index contributed by atoms with van der Waals surface area (Å²) < 4.78 is 0. The molecule has 110 valence electrons. The molecule has 1 fully saturated rings. The van der Waals surface area contributed by atoms with Crippen LogP contribution in [0.1, 0.15) is 24.8 Å². The molecule has 1 aromatic carbocycles. The number of aromatic nitrogens is 2. The highest BCUT2D eigenvalue weighted by Crippen LogP contribution is 2.19. The van der Waals surface area contributed by atoms with Gasteiger partial charge in [0.1, 0.15) is 0 Å². The van der Waals surface area contributed by atoms with Gasteiger partial charge in [-0.2, -0.15) is 0 Å². The maximum atomic E-state index is 4.23. The first-order valence-corrected chi connectivity index (χ1v) is 7.71. The summed E-state index contributed by atoms with van der Waals surface area (Å²) in [6, 6.07) is 13.1. The molecule has 2 aromatic rings. The van der Waals surface area contributed by atoms with Gasteiger partial charge >= 0.3 is 0 Å². The average Bonchev–Trinajstić information content (AvgIpc) is 2.56. The third kappa shape index (κ3) is 4.02. The van der Waals surface area contributed by atoms with Gasteiger partial charge in [0.15, 0.2) is 0 Å². The minimum atomic E-state index is 0.558. The van der Waals surface area contributed by atoms with Crippen molar-refractivity contribution in [1.29, 1.82) is 0 Å². The third-order valence-electron chi connectivity index (χ3n) is 4.04. The number of likely N-dealkylation sites (tertiary alicyclic amines) is 1. The molecule has 0 bridgehead atoms. The van der Waals surface area contributed by atoms with E-state index in [0.717, 1.165) is 19.0 Å². The van der Waals surface area contributed by atoms with E-state index in [9.17, 15) is 0 Å². The van der Waals surface area contributed by atoms with Gasteiger partial charge in [-0.1, -0.05) is 36.8 Å². The number of anilines is 1. The fourth-order valence-corrected chi connectivity index (χ4v) is 2.92. The van der Waals surface area contributed by atoms with Crippen LogP contribution in [0.4, 0.5) is 5.95 Å². The van der Waals surface area contributed by atoms with Crippen molar-refractivity contribution in [3.63, 3.8) is 0 Å². The van der Waals surface area contributed by atoms with Crippen LogP contribution >= 0.6 is 0 Å². The van der Waals surface area contributed by atoms with E-state index in [1.54, 1.807) is 12.4 Å². The van der Waals surface area contributed by atoms with E-state index >= 15 is 0 Å². The molecular weight excluding hydrogens is 260 g/mol. The van der Waals surface area contributed by atoms with Gasteiger partial charge in [0.2, 0.25) is 5.95 Å². The second-order valence-electron chi connectivity index (χ2n) is 5.56. The number of benzene rings is 1. The smallest absolute Gasteiger partial charge is 0.222 e. The molecule has 0 saturated carbocycles. The minimum Gasteiger partial charge on any atom is -0.353 e. The molecule has 1 unspecified atom stereocenters. The lowest BCUT2D eigenvalue weighted by Crippen LogP contribution is -2.43. The van der Waals surface area contributed by atoms with Crippen LogP contribution in [-0.2, 0) is 6.54 Å². The Labute approximate surface area is 126 Å². The fraction of sp³-hybridized carbons (Fsp3) is 0.412. The highest BCUT2D eigenvalue weighted by atomic mass is 15.2. The van der Waals surface area contributed by atoms with E-state index in [-0.39, 0.29) is 0 Å². The lowest BCUT2D eigenvalue weighted by molar-refractivity contribution is 0.148. The van der Waals surface area contributed by atoms with Gasteiger partial charge in [0.05, 0.1) is 0 Å². The van der Waals surface area contributed by atoms with Gasteiger partial charge in [-0.05, 0) is 31.0 Å². The Hall–Kier alpha value is -1.94. The van der Waals surface area contributed by atoms with Crippen LogP contribution in [0.3, 0.4) is 0 Å². The predicted molar refractivity (Wildman–Crippen MR) is 85.0 cm³/mol. The van der Waals surface area contributed by atoms with Crippen LogP contribution < -0.4 is 5.32 Å². The monoisotopic (exact) mass is 282 g/mol. The van der Waals surface area contributed by atoms with Crippen molar-refractivity contribution in [3.8, 4) is 0 Å². The van der Waals surface area contributed by atoms with E-state index in [2.05, 4.69) is 50.5 Å². The molecule has 1 aliphatic heterocycles. The highest BCUT2D eigenvalue weighted by Gasteiger charge is 2.22. The molecular formula is C17H22N4. The molecule has 1 N–H and O–H groups in total. The Morgan fingerprint density at radius 3 is 2.67 bits per heavy atom. The molecule has 2 heterocycles. The van der Waals surface area contributed by atoms with Gasteiger partial charge in [0.25, 0.3) is 0 Å². The second-order valence-corrected chi connectivity index (χ2v) is 5.56. The van der Waals surface area contributed by atoms with Crippen LogP contribution in [0.5, 0.6) is 0 Å². The third-order valence-corrected chi connectivity index (χ3v) is 4.04. The maximum absolute atomic E-state index is 4.23. The second kappa shape index (κ2) is 7.18. The Morgan fingerprint density at radius 2 is 1.86 bits per heavy atom. The zero-order valence-corrected chi connectivity index (χ0v) is 12.3. The fourth-order valence-electron chi connectivity index (χ4n) is 2.92. The lowest BCUT2D eigenvalue weighted by Gasteiger charge is -2.35. The van der Waals surface area contributed by atoms with Gasteiger partial charge < -0.3 is 5.32 Å². The van der Waals surface area contributed by atoms with Crippen LogP contribution in [0.15, 0.2) is 48.8 Å². The van der Waals surface area contributed by atoms with Crippen molar-refractivity contribution >= 4 is 5.95 Å². The average molecular weight is 282 g/mol.